The van der Waals surface area contributed by atoms with Crippen LogP contribution in [0.4, 0.5) is 5.82 Å². The number of ether oxygens (including phenoxy) is 2. The summed E-state index contributed by atoms with van der Waals surface area (Å²) in [6, 6.07) is 0. The van der Waals surface area contributed by atoms with Crippen molar-refractivity contribution < 1.29 is 44.9 Å². The molecule has 3 aliphatic heterocycles. The molecule has 1 unspecified atom stereocenters. The van der Waals surface area contributed by atoms with Crippen LogP contribution in [0.15, 0.2) is 22.1 Å². The van der Waals surface area contributed by atoms with Crippen molar-refractivity contribution in [2.45, 2.75) is 68.7 Å². The first-order valence-corrected chi connectivity index (χ1v) is 11.8. The van der Waals surface area contributed by atoms with Gasteiger partial charge in [-0.1, -0.05) is 0 Å². The molecule has 0 bridgehead atoms. The molecule has 2 saturated heterocycles. The van der Waals surface area contributed by atoms with Gasteiger partial charge in [-0.05, 0) is 13.8 Å². The molecule has 18 heteroatoms. The second-order valence-corrected chi connectivity index (χ2v) is 9.57. The van der Waals surface area contributed by atoms with E-state index in [1.807, 2.05) is 0 Å². The maximum absolute atomic E-state index is 11.9. The second kappa shape index (κ2) is 10.8. The number of carbonyl (C=O) groups excluding carboxylic acids is 1. The molecule has 39 heavy (non-hydrogen) atoms. The van der Waals surface area contributed by atoms with Gasteiger partial charge in [0.25, 0.3) is 11.5 Å². The third-order valence-electron chi connectivity index (χ3n) is 6.49. The summed E-state index contributed by atoms with van der Waals surface area (Å²) in [6.45, 7) is 2.14. The number of amides is 1. The van der Waals surface area contributed by atoms with Gasteiger partial charge in [-0.2, -0.15) is 0 Å². The number of H-pyrrole nitrogens is 1. The number of carbonyl (C=O) groups is 1. The van der Waals surface area contributed by atoms with Crippen molar-refractivity contribution in [1.82, 2.24) is 24.4 Å². The molecule has 18 nitrogen and oxygen atoms in total. The van der Waals surface area contributed by atoms with Crippen molar-refractivity contribution in [3.05, 3.63) is 44.6 Å². The van der Waals surface area contributed by atoms with Crippen LogP contribution in [0, 0.1) is 6.92 Å². The number of aliphatic hydroxyl groups excluding tert-OH is 6. The highest BCUT2D eigenvalue weighted by molar-refractivity contribution is 5.99. The highest BCUT2D eigenvalue weighted by Gasteiger charge is 2.46. The van der Waals surface area contributed by atoms with Gasteiger partial charge in [0.1, 0.15) is 42.4 Å². The number of aryl methyl sites for hydroxylation is 1. The van der Waals surface area contributed by atoms with E-state index in [0.29, 0.717) is 0 Å². The molecule has 9 atom stereocenters. The summed E-state index contributed by atoms with van der Waals surface area (Å²) in [6.07, 6.45) is -6.61. The summed E-state index contributed by atoms with van der Waals surface area (Å²) in [4.78, 5) is 40.7. The zero-order chi connectivity index (χ0) is 28.8. The molecular weight excluding hydrogens is 526 g/mol. The number of aromatic amines is 1. The van der Waals surface area contributed by atoms with Crippen molar-refractivity contribution in [2.24, 2.45) is 5.73 Å². The summed E-state index contributed by atoms with van der Waals surface area (Å²) in [5.74, 6) is -1.36. The molecule has 1 amide bonds. The van der Waals surface area contributed by atoms with E-state index < -0.39 is 85.2 Å². The molecule has 216 valence electrons. The lowest BCUT2D eigenvalue weighted by molar-refractivity contribution is -0.0551. The topological polar surface area (TPSA) is 280 Å². The number of fused-ring (bicyclic) bond motifs is 1. The number of aliphatic hydroxyl groups is 6. The molecule has 2 aromatic heterocycles. The van der Waals surface area contributed by atoms with Crippen LogP contribution in [0.1, 0.15) is 35.4 Å². The van der Waals surface area contributed by atoms with Crippen LogP contribution in [-0.2, 0) is 9.47 Å². The van der Waals surface area contributed by atoms with Crippen LogP contribution in [-0.4, -0.2) is 111 Å². The third kappa shape index (κ3) is 5.33. The number of anilines is 1. The van der Waals surface area contributed by atoms with E-state index in [4.69, 9.17) is 25.4 Å². The van der Waals surface area contributed by atoms with Crippen molar-refractivity contribution in [2.75, 3.05) is 18.5 Å². The van der Waals surface area contributed by atoms with E-state index in [0.717, 1.165) is 4.57 Å². The fourth-order valence-electron chi connectivity index (χ4n) is 4.41. The minimum absolute atomic E-state index is 0.107. The molecule has 0 aliphatic carbocycles. The first kappa shape index (κ1) is 28.8. The number of nitrogens with zero attached hydrogens (tertiary/aromatic N) is 3. The average molecular weight is 558 g/mol. The molecule has 0 saturated carbocycles. The van der Waals surface area contributed by atoms with Gasteiger partial charge in [-0.15, -0.1) is 0 Å². The van der Waals surface area contributed by atoms with Gasteiger partial charge in [0, 0.05) is 11.8 Å². The lowest BCUT2D eigenvalue weighted by Crippen LogP contribution is -2.62. The van der Waals surface area contributed by atoms with Gasteiger partial charge in [0.2, 0.25) is 0 Å². The molecule has 11 N–H and O–H groups in total. The molecule has 5 heterocycles. The van der Waals surface area contributed by atoms with Gasteiger partial charge in [-0.25, -0.2) is 9.78 Å². The summed E-state index contributed by atoms with van der Waals surface area (Å²) >= 11 is 0. The number of nitrogens with two attached hydrogens (primary N) is 1. The standard InChI is InChI=1S/C11H17N5O5.C10H14N2O6/c1-11(12)14-8-5(9(20)15-11)13-3-16(8)10-7(19)6(18)4(2-17)21-10;1-4-2-12(10(17)11-8(4)16)9-7(15)6(14)5(3-13)18-9/h3-4,6-7,10,14,17-19H,2,12H2,1H3,(H,15,20);2,5-7,9,13-15H,3H2,1H3,(H,11,16,17)/t4-,6-,7-,10-,11?;5-,6-,7-,9-/m11/s1. The number of hydrogen-bond acceptors (Lipinski definition) is 14. The molecule has 2 aromatic rings. The first-order chi connectivity index (χ1) is 18.3. The summed E-state index contributed by atoms with van der Waals surface area (Å²) < 4.78 is 13.0. The van der Waals surface area contributed by atoms with E-state index in [-0.39, 0.29) is 17.1 Å². The fraction of sp³-hybridized carbons (Fsp3) is 0.619. The monoisotopic (exact) mass is 557 g/mol. The Bertz CT molecular complexity index is 1320. The van der Waals surface area contributed by atoms with E-state index >= 15 is 0 Å². The van der Waals surface area contributed by atoms with Crippen molar-refractivity contribution in [3.8, 4) is 0 Å². The second-order valence-electron chi connectivity index (χ2n) is 9.57. The van der Waals surface area contributed by atoms with E-state index in [1.54, 1.807) is 6.92 Å². The third-order valence-corrected chi connectivity index (χ3v) is 6.49. The normalized spacial score (nSPS) is 35.6. The van der Waals surface area contributed by atoms with Crippen molar-refractivity contribution >= 4 is 11.7 Å². The van der Waals surface area contributed by atoms with Crippen LogP contribution in [0.25, 0.3) is 0 Å². The SMILES string of the molecule is CC1(N)NC(=O)c2ncn([C@@H]3O[C@H](CO)[C@@H](O)[C@H]3O)c2N1.Cc1cn([C@@H]2O[C@H](CO)[C@@H](O)[C@H]2O)c(=O)[nH]c1=O. The zero-order valence-electron chi connectivity index (χ0n) is 20.8. The van der Waals surface area contributed by atoms with E-state index in [1.165, 1.54) is 24.0 Å². The molecule has 0 spiro atoms. The maximum Gasteiger partial charge on any atom is 0.330 e. The Balaban J connectivity index is 0.000000183. The highest BCUT2D eigenvalue weighted by Crippen LogP contribution is 2.34. The van der Waals surface area contributed by atoms with Crippen LogP contribution >= 0.6 is 0 Å². The lowest BCUT2D eigenvalue weighted by Gasteiger charge is -2.33. The predicted octanol–water partition coefficient (Wildman–Crippen LogP) is -5.26. The van der Waals surface area contributed by atoms with Gasteiger partial charge in [0.15, 0.2) is 23.9 Å². The van der Waals surface area contributed by atoms with Crippen molar-refractivity contribution in [1.29, 1.82) is 0 Å². The Morgan fingerprint density at radius 2 is 1.49 bits per heavy atom. The largest absolute Gasteiger partial charge is 0.394 e. The fourth-order valence-corrected chi connectivity index (χ4v) is 4.41. The number of imidazole rings is 1. The van der Waals surface area contributed by atoms with E-state index in [9.17, 15) is 34.8 Å². The Morgan fingerprint density at radius 1 is 0.949 bits per heavy atom. The minimum Gasteiger partial charge on any atom is -0.394 e. The molecule has 5 rings (SSSR count). The Hall–Kier alpha value is -3.20. The zero-order valence-corrected chi connectivity index (χ0v) is 20.8. The molecule has 3 aliphatic rings. The van der Waals surface area contributed by atoms with Crippen LogP contribution < -0.4 is 27.6 Å². The smallest absolute Gasteiger partial charge is 0.330 e. The van der Waals surface area contributed by atoms with Crippen LogP contribution in [0.3, 0.4) is 0 Å². The average Bonchev–Trinajstić information content (AvgIpc) is 3.50. The molecule has 2 fully saturated rings. The number of nitrogens with one attached hydrogen (secondary N) is 3. The quantitative estimate of drug-likeness (QED) is 0.168. The van der Waals surface area contributed by atoms with Gasteiger partial charge >= 0.3 is 5.69 Å². The molecule has 0 aromatic carbocycles. The predicted molar refractivity (Wildman–Crippen MR) is 128 cm³/mol. The summed E-state index contributed by atoms with van der Waals surface area (Å²) in [5.41, 5.74) is 4.95. The summed E-state index contributed by atoms with van der Waals surface area (Å²) in [5, 5.41) is 62.6. The van der Waals surface area contributed by atoms with Gasteiger partial charge in [-0.3, -0.25) is 29.4 Å². The lowest BCUT2D eigenvalue weighted by atomic mass is 10.1. The van der Waals surface area contributed by atoms with Gasteiger partial charge < -0.3 is 50.7 Å². The minimum atomic E-state index is -1.36. The van der Waals surface area contributed by atoms with E-state index in [2.05, 4.69) is 20.6 Å². The Labute approximate surface area is 219 Å². The first-order valence-electron chi connectivity index (χ1n) is 11.8. The molecule has 0 radical (unpaired) electrons. The maximum atomic E-state index is 11.9. The number of hydrogen-bond donors (Lipinski definition) is 10. The highest BCUT2D eigenvalue weighted by atomic mass is 16.6. The Kier molecular flexibility index (Phi) is 7.94. The van der Waals surface area contributed by atoms with Crippen LogP contribution in [0.2, 0.25) is 0 Å². The van der Waals surface area contributed by atoms with Crippen molar-refractivity contribution in [3.63, 3.8) is 0 Å². The van der Waals surface area contributed by atoms with Crippen LogP contribution in [0.5, 0.6) is 0 Å². The number of aromatic nitrogens is 4. The molecular formula is C21H31N7O11. The number of rotatable bonds is 4. The Morgan fingerprint density at radius 3 is 2.00 bits per heavy atom. The summed E-state index contributed by atoms with van der Waals surface area (Å²) in [7, 11) is 0. The van der Waals surface area contributed by atoms with Gasteiger partial charge in [0.05, 0.1) is 19.5 Å².